The zero-order valence-electron chi connectivity index (χ0n) is 10.8. The molecule has 0 aliphatic carbocycles. The van der Waals surface area contributed by atoms with Gasteiger partial charge < -0.3 is 16.0 Å². The molecule has 5 nitrogen and oxygen atoms in total. The molecule has 1 saturated heterocycles. The van der Waals surface area contributed by atoms with Gasteiger partial charge in [0.2, 0.25) is 5.95 Å². The van der Waals surface area contributed by atoms with Gasteiger partial charge >= 0.3 is 0 Å². The predicted molar refractivity (Wildman–Crippen MR) is 72.5 cm³/mol. The van der Waals surface area contributed by atoms with E-state index >= 15 is 0 Å². The lowest BCUT2D eigenvalue weighted by atomic mass is 10.1. The van der Waals surface area contributed by atoms with Crippen LogP contribution >= 0.6 is 0 Å². The normalized spacial score (nSPS) is 20.3. The molecule has 5 heteroatoms. The lowest BCUT2D eigenvalue weighted by molar-refractivity contribution is 0.621. The van der Waals surface area contributed by atoms with Gasteiger partial charge in [0.15, 0.2) is 0 Å². The molecule has 2 aliphatic rings. The van der Waals surface area contributed by atoms with Crippen LogP contribution in [-0.4, -0.2) is 29.6 Å². The first-order valence-electron chi connectivity index (χ1n) is 6.95. The largest absolute Gasteiger partial charge is 0.383 e. The number of nitrogens with two attached hydrogens (primary N) is 1. The zero-order valence-corrected chi connectivity index (χ0v) is 10.8. The maximum atomic E-state index is 6.08. The van der Waals surface area contributed by atoms with Gasteiger partial charge in [-0.15, -0.1) is 0 Å². The van der Waals surface area contributed by atoms with Crippen molar-refractivity contribution in [2.24, 2.45) is 0 Å². The van der Waals surface area contributed by atoms with Gasteiger partial charge in [-0.2, -0.15) is 4.98 Å². The summed E-state index contributed by atoms with van der Waals surface area (Å²) >= 11 is 0. The van der Waals surface area contributed by atoms with Crippen molar-refractivity contribution >= 4 is 11.8 Å². The highest BCUT2D eigenvalue weighted by Crippen LogP contribution is 2.22. The van der Waals surface area contributed by atoms with Crippen LogP contribution < -0.4 is 16.0 Å². The van der Waals surface area contributed by atoms with Crippen molar-refractivity contribution in [3.8, 4) is 0 Å². The van der Waals surface area contributed by atoms with Crippen molar-refractivity contribution in [1.82, 2.24) is 15.3 Å². The Hall–Kier alpha value is -1.36. The maximum absolute atomic E-state index is 6.08. The Labute approximate surface area is 108 Å². The van der Waals surface area contributed by atoms with Crippen molar-refractivity contribution in [1.29, 1.82) is 0 Å². The second-order valence-corrected chi connectivity index (χ2v) is 5.16. The fourth-order valence-corrected chi connectivity index (χ4v) is 2.79. The van der Waals surface area contributed by atoms with E-state index in [0.717, 1.165) is 49.8 Å². The number of nitrogens with one attached hydrogen (secondary N) is 1. The van der Waals surface area contributed by atoms with Gasteiger partial charge in [0.1, 0.15) is 5.82 Å². The second-order valence-electron chi connectivity index (χ2n) is 5.16. The van der Waals surface area contributed by atoms with E-state index in [1.54, 1.807) is 0 Å². The summed E-state index contributed by atoms with van der Waals surface area (Å²) in [5, 5.41) is 3.35. The summed E-state index contributed by atoms with van der Waals surface area (Å²) in [5.74, 6) is 1.51. The maximum Gasteiger partial charge on any atom is 0.227 e. The number of nitrogens with zero attached hydrogens (tertiary/aromatic N) is 3. The number of hydrogen-bond acceptors (Lipinski definition) is 5. The lowest BCUT2D eigenvalue weighted by Crippen LogP contribution is -2.30. The molecule has 2 aliphatic heterocycles. The number of fused-ring (bicyclic) bond motifs is 1. The van der Waals surface area contributed by atoms with Crippen LogP contribution in [0.15, 0.2) is 0 Å². The van der Waals surface area contributed by atoms with Gasteiger partial charge in [-0.3, -0.25) is 0 Å². The van der Waals surface area contributed by atoms with Gasteiger partial charge in [-0.1, -0.05) is 12.8 Å². The van der Waals surface area contributed by atoms with E-state index in [9.17, 15) is 0 Å². The number of nitrogen functional groups attached to an aromatic ring is 1. The van der Waals surface area contributed by atoms with Crippen LogP contribution in [0.4, 0.5) is 11.8 Å². The van der Waals surface area contributed by atoms with Gasteiger partial charge in [-0.05, 0) is 25.8 Å². The molecule has 0 radical (unpaired) electrons. The monoisotopic (exact) mass is 247 g/mol. The molecule has 1 fully saturated rings. The SMILES string of the molecule is Nc1nc(N2CCCCCC2)nc2c1CCNC2. The van der Waals surface area contributed by atoms with E-state index in [2.05, 4.69) is 15.2 Å². The summed E-state index contributed by atoms with van der Waals surface area (Å²) < 4.78 is 0. The number of aromatic nitrogens is 2. The quantitative estimate of drug-likeness (QED) is 0.777. The molecule has 18 heavy (non-hydrogen) atoms. The van der Waals surface area contributed by atoms with Gasteiger partial charge in [0, 0.05) is 25.2 Å². The predicted octanol–water partition coefficient (Wildman–Crippen LogP) is 1.08. The minimum Gasteiger partial charge on any atom is -0.383 e. The van der Waals surface area contributed by atoms with E-state index in [-0.39, 0.29) is 0 Å². The number of hydrogen-bond donors (Lipinski definition) is 2. The molecular weight excluding hydrogens is 226 g/mol. The Bertz CT molecular complexity index is 424. The molecule has 98 valence electrons. The van der Waals surface area contributed by atoms with E-state index in [0.29, 0.717) is 5.82 Å². The van der Waals surface area contributed by atoms with Crippen LogP contribution in [-0.2, 0) is 13.0 Å². The van der Waals surface area contributed by atoms with Crippen molar-refractivity contribution in [2.75, 3.05) is 30.3 Å². The van der Waals surface area contributed by atoms with Crippen molar-refractivity contribution in [2.45, 2.75) is 38.6 Å². The summed E-state index contributed by atoms with van der Waals surface area (Å²) in [5.41, 5.74) is 8.32. The summed E-state index contributed by atoms with van der Waals surface area (Å²) in [7, 11) is 0. The molecule has 0 aromatic carbocycles. The average Bonchev–Trinajstić information content (AvgIpc) is 2.67. The van der Waals surface area contributed by atoms with Gasteiger partial charge in [-0.25, -0.2) is 4.98 Å². The van der Waals surface area contributed by atoms with Crippen LogP contribution in [0.1, 0.15) is 36.9 Å². The molecule has 1 aromatic rings. The Morgan fingerprint density at radius 3 is 2.61 bits per heavy atom. The molecule has 0 saturated carbocycles. The minimum atomic E-state index is 0.681. The van der Waals surface area contributed by atoms with Crippen molar-refractivity contribution in [3.63, 3.8) is 0 Å². The van der Waals surface area contributed by atoms with Crippen LogP contribution in [0, 0.1) is 0 Å². The van der Waals surface area contributed by atoms with Crippen molar-refractivity contribution < 1.29 is 0 Å². The molecule has 0 atom stereocenters. The first kappa shape index (κ1) is 11.7. The highest BCUT2D eigenvalue weighted by atomic mass is 15.3. The third-order valence-corrected chi connectivity index (χ3v) is 3.85. The summed E-state index contributed by atoms with van der Waals surface area (Å²) in [6, 6.07) is 0. The molecule has 3 N–H and O–H groups in total. The summed E-state index contributed by atoms with van der Waals surface area (Å²) in [6.45, 7) is 3.92. The Morgan fingerprint density at radius 2 is 1.83 bits per heavy atom. The van der Waals surface area contributed by atoms with Gasteiger partial charge in [0.25, 0.3) is 0 Å². The lowest BCUT2D eigenvalue weighted by Gasteiger charge is -2.24. The smallest absolute Gasteiger partial charge is 0.227 e. The molecule has 3 rings (SSSR count). The topological polar surface area (TPSA) is 67.1 Å². The van der Waals surface area contributed by atoms with Crippen LogP contribution in [0.5, 0.6) is 0 Å². The van der Waals surface area contributed by atoms with Gasteiger partial charge in [0.05, 0.1) is 5.69 Å². The summed E-state index contributed by atoms with van der Waals surface area (Å²) in [4.78, 5) is 11.5. The molecular formula is C13H21N5. The highest BCUT2D eigenvalue weighted by Gasteiger charge is 2.19. The molecule has 0 bridgehead atoms. The Kier molecular flexibility index (Phi) is 3.32. The fraction of sp³-hybridized carbons (Fsp3) is 0.692. The first-order chi connectivity index (χ1) is 8.84. The van der Waals surface area contributed by atoms with Crippen molar-refractivity contribution in [3.05, 3.63) is 11.3 Å². The van der Waals surface area contributed by atoms with E-state index in [4.69, 9.17) is 10.7 Å². The Balaban J connectivity index is 1.89. The van der Waals surface area contributed by atoms with Crippen LogP contribution in [0.3, 0.4) is 0 Å². The standard InChI is InChI=1S/C13H21N5/c14-12-10-5-6-15-9-11(10)16-13(17-12)18-7-3-1-2-4-8-18/h15H,1-9H2,(H2,14,16,17). The van der Waals surface area contributed by atoms with E-state index < -0.39 is 0 Å². The average molecular weight is 247 g/mol. The highest BCUT2D eigenvalue weighted by molar-refractivity contribution is 5.49. The zero-order chi connectivity index (χ0) is 12.4. The van der Waals surface area contributed by atoms with Crippen LogP contribution in [0.25, 0.3) is 0 Å². The minimum absolute atomic E-state index is 0.681. The molecule has 0 amide bonds. The second kappa shape index (κ2) is 5.10. The molecule has 3 heterocycles. The van der Waals surface area contributed by atoms with Crippen LogP contribution in [0.2, 0.25) is 0 Å². The fourth-order valence-electron chi connectivity index (χ4n) is 2.79. The number of anilines is 2. The molecule has 1 aromatic heterocycles. The Morgan fingerprint density at radius 1 is 1.06 bits per heavy atom. The van der Waals surface area contributed by atoms with E-state index in [1.807, 2.05) is 0 Å². The van der Waals surface area contributed by atoms with E-state index in [1.165, 1.54) is 25.7 Å². The molecule has 0 unspecified atom stereocenters. The first-order valence-corrected chi connectivity index (χ1v) is 6.95. The molecule has 0 spiro atoms. The summed E-state index contributed by atoms with van der Waals surface area (Å²) in [6.07, 6.45) is 6.05. The number of rotatable bonds is 1. The third-order valence-electron chi connectivity index (χ3n) is 3.85. The third kappa shape index (κ3) is 2.27.